The molecule has 116 valence electrons. The average molecular weight is 315 g/mol. The molecule has 0 saturated heterocycles. The molecular weight excluding hydrogens is 302 g/mol. The summed E-state index contributed by atoms with van der Waals surface area (Å²) in [5.41, 5.74) is 2.78. The van der Waals surface area contributed by atoms with Gasteiger partial charge >= 0.3 is 0 Å². The minimum absolute atomic E-state index is 0.193. The number of rotatable bonds is 3. The number of anilines is 1. The highest BCUT2D eigenvalue weighted by atomic mass is 16.1. The van der Waals surface area contributed by atoms with Crippen molar-refractivity contribution >= 4 is 22.5 Å². The molecule has 0 atom stereocenters. The predicted octanol–water partition coefficient (Wildman–Crippen LogP) is 3.07. The number of nitrogens with one attached hydrogen (secondary N) is 1. The van der Waals surface area contributed by atoms with Crippen molar-refractivity contribution in [3.05, 3.63) is 79.0 Å². The van der Waals surface area contributed by atoms with Gasteiger partial charge in [0.15, 0.2) is 0 Å². The van der Waals surface area contributed by atoms with Gasteiger partial charge in [-0.3, -0.25) is 9.78 Å². The first-order valence-corrected chi connectivity index (χ1v) is 7.42. The standard InChI is InChI=1S/C18H13N5O/c24-18(14-5-3-8-15-13(14)6-4-10-20-15)22-16-7-1-2-9-17(16)23-12-19-11-21-23/h1-12H,(H,22,24). The van der Waals surface area contributed by atoms with Gasteiger partial charge in [-0.25, -0.2) is 9.67 Å². The zero-order valence-electron chi connectivity index (χ0n) is 12.6. The quantitative estimate of drug-likeness (QED) is 0.630. The van der Waals surface area contributed by atoms with Crippen LogP contribution in [0.4, 0.5) is 5.69 Å². The number of pyridine rings is 1. The van der Waals surface area contributed by atoms with Crippen molar-refractivity contribution in [2.75, 3.05) is 5.32 Å². The average Bonchev–Trinajstić information content (AvgIpc) is 3.16. The molecule has 0 aliphatic carbocycles. The van der Waals surface area contributed by atoms with E-state index in [2.05, 4.69) is 20.4 Å². The summed E-state index contributed by atoms with van der Waals surface area (Å²) in [7, 11) is 0. The summed E-state index contributed by atoms with van der Waals surface area (Å²) < 4.78 is 1.61. The maximum atomic E-state index is 12.8. The first kappa shape index (κ1) is 14.1. The Morgan fingerprint density at radius 2 is 1.92 bits per heavy atom. The monoisotopic (exact) mass is 315 g/mol. The van der Waals surface area contributed by atoms with E-state index in [1.807, 2.05) is 48.5 Å². The van der Waals surface area contributed by atoms with Gasteiger partial charge in [0.1, 0.15) is 12.7 Å². The van der Waals surface area contributed by atoms with Crippen LogP contribution in [0.3, 0.4) is 0 Å². The summed E-state index contributed by atoms with van der Waals surface area (Å²) in [6, 6.07) is 16.7. The Hall–Kier alpha value is -3.54. The number of para-hydroxylation sites is 2. The number of hydrogen-bond acceptors (Lipinski definition) is 4. The van der Waals surface area contributed by atoms with Crippen molar-refractivity contribution < 1.29 is 4.79 Å². The van der Waals surface area contributed by atoms with Crippen LogP contribution in [-0.2, 0) is 0 Å². The molecular formula is C18H13N5O. The van der Waals surface area contributed by atoms with E-state index in [9.17, 15) is 4.79 Å². The molecule has 0 unspecified atom stereocenters. The SMILES string of the molecule is O=C(Nc1ccccc1-n1cncn1)c1cccc2ncccc12. The van der Waals surface area contributed by atoms with Gasteiger partial charge in [-0.2, -0.15) is 5.10 Å². The second kappa shape index (κ2) is 5.92. The van der Waals surface area contributed by atoms with E-state index in [0.29, 0.717) is 11.3 Å². The Bertz CT molecular complexity index is 1010. The first-order chi connectivity index (χ1) is 11.8. The van der Waals surface area contributed by atoms with Crippen molar-refractivity contribution in [2.24, 2.45) is 0 Å². The van der Waals surface area contributed by atoms with Crippen molar-refractivity contribution in [2.45, 2.75) is 0 Å². The number of hydrogen-bond donors (Lipinski definition) is 1. The lowest BCUT2D eigenvalue weighted by Crippen LogP contribution is -2.14. The Labute approximate surface area is 137 Å². The summed E-state index contributed by atoms with van der Waals surface area (Å²) in [4.78, 5) is 21.0. The van der Waals surface area contributed by atoms with Gasteiger partial charge in [-0.05, 0) is 30.3 Å². The van der Waals surface area contributed by atoms with Crippen molar-refractivity contribution in [3.8, 4) is 5.69 Å². The summed E-state index contributed by atoms with van der Waals surface area (Å²) in [5.74, 6) is -0.193. The topological polar surface area (TPSA) is 72.7 Å². The second-order valence-corrected chi connectivity index (χ2v) is 5.19. The second-order valence-electron chi connectivity index (χ2n) is 5.19. The lowest BCUT2D eigenvalue weighted by atomic mass is 10.1. The molecule has 6 heteroatoms. The van der Waals surface area contributed by atoms with E-state index in [1.165, 1.54) is 6.33 Å². The molecule has 2 aromatic carbocycles. The highest BCUT2D eigenvalue weighted by molar-refractivity contribution is 6.12. The van der Waals surface area contributed by atoms with Gasteiger partial charge in [-0.1, -0.05) is 24.3 Å². The third-order valence-electron chi connectivity index (χ3n) is 3.71. The van der Waals surface area contributed by atoms with Gasteiger partial charge in [0.2, 0.25) is 0 Å². The van der Waals surface area contributed by atoms with Crippen LogP contribution in [-0.4, -0.2) is 25.7 Å². The molecule has 0 bridgehead atoms. The molecule has 0 saturated carbocycles. The van der Waals surface area contributed by atoms with Crippen LogP contribution < -0.4 is 5.32 Å². The number of fused-ring (bicyclic) bond motifs is 1. The molecule has 24 heavy (non-hydrogen) atoms. The molecule has 2 aromatic heterocycles. The molecule has 1 amide bonds. The fourth-order valence-electron chi connectivity index (χ4n) is 2.60. The fraction of sp³-hybridized carbons (Fsp3) is 0. The maximum absolute atomic E-state index is 12.8. The zero-order chi connectivity index (χ0) is 16.4. The van der Waals surface area contributed by atoms with Crippen LogP contribution in [0.15, 0.2) is 73.4 Å². The van der Waals surface area contributed by atoms with Gasteiger partial charge in [0.25, 0.3) is 5.91 Å². The third kappa shape index (κ3) is 2.50. The number of amides is 1. The molecule has 0 aliphatic rings. The molecule has 6 nitrogen and oxygen atoms in total. The van der Waals surface area contributed by atoms with Crippen LogP contribution in [0.25, 0.3) is 16.6 Å². The Morgan fingerprint density at radius 1 is 1.00 bits per heavy atom. The van der Waals surface area contributed by atoms with E-state index < -0.39 is 0 Å². The fourth-order valence-corrected chi connectivity index (χ4v) is 2.60. The van der Waals surface area contributed by atoms with Crippen LogP contribution in [0, 0.1) is 0 Å². The lowest BCUT2D eigenvalue weighted by molar-refractivity contribution is 0.102. The van der Waals surface area contributed by atoms with E-state index in [-0.39, 0.29) is 5.91 Å². The van der Waals surface area contributed by atoms with Crippen LogP contribution in [0.5, 0.6) is 0 Å². The third-order valence-corrected chi connectivity index (χ3v) is 3.71. The van der Waals surface area contributed by atoms with Crippen LogP contribution in [0.1, 0.15) is 10.4 Å². The zero-order valence-corrected chi connectivity index (χ0v) is 12.6. The summed E-state index contributed by atoms with van der Waals surface area (Å²) in [6.07, 6.45) is 4.76. The Kier molecular flexibility index (Phi) is 3.47. The van der Waals surface area contributed by atoms with Crippen LogP contribution >= 0.6 is 0 Å². The van der Waals surface area contributed by atoms with Gasteiger partial charge in [-0.15, -0.1) is 0 Å². The summed E-state index contributed by atoms with van der Waals surface area (Å²) in [5, 5.41) is 7.89. The largest absolute Gasteiger partial charge is 0.320 e. The molecule has 0 fully saturated rings. The summed E-state index contributed by atoms with van der Waals surface area (Å²) >= 11 is 0. The Morgan fingerprint density at radius 3 is 2.79 bits per heavy atom. The van der Waals surface area contributed by atoms with Crippen molar-refractivity contribution in [1.29, 1.82) is 0 Å². The Balaban J connectivity index is 1.73. The van der Waals surface area contributed by atoms with Crippen LogP contribution in [0.2, 0.25) is 0 Å². The van der Waals surface area contributed by atoms with Crippen molar-refractivity contribution in [3.63, 3.8) is 0 Å². The highest BCUT2D eigenvalue weighted by Gasteiger charge is 2.13. The lowest BCUT2D eigenvalue weighted by Gasteiger charge is -2.11. The maximum Gasteiger partial charge on any atom is 0.256 e. The molecule has 1 N–H and O–H groups in total. The van der Waals surface area contributed by atoms with Gasteiger partial charge in [0.05, 0.1) is 16.9 Å². The van der Waals surface area contributed by atoms with E-state index in [4.69, 9.17) is 0 Å². The van der Waals surface area contributed by atoms with E-state index >= 15 is 0 Å². The van der Waals surface area contributed by atoms with Gasteiger partial charge in [0, 0.05) is 17.1 Å². The number of carbonyl (C=O) groups is 1. The minimum Gasteiger partial charge on any atom is -0.320 e. The molecule has 0 spiro atoms. The highest BCUT2D eigenvalue weighted by Crippen LogP contribution is 2.22. The smallest absolute Gasteiger partial charge is 0.256 e. The normalized spacial score (nSPS) is 10.7. The van der Waals surface area contributed by atoms with Crippen molar-refractivity contribution in [1.82, 2.24) is 19.7 Å². The predicted molar refractivity (Wildman–Crippen MR) is 91.1 cm³/mol. The van der Waals surface area contributed by atoms with E-state index in [1.54, 1.807) is 23.3 Å². The molecule has 0 aliphatic heterocycles. The number of carbonyl (C=O) groups excluding carboxylic acids is 1. The number of benzene rings is 2. The van der Waals surface area contributed by atoms with E-state index in [0.717, 1.165) is 16.6 Å². The first-order valence-electron chi connectivity index (χ1n) is 7.42. The molecule has 4 rings (SSSR count). The molecule has 2 heterocycles. The molecule has 4 aromatic rings. The number of nitrogens with zero attached hydrogens (tertiary/aromatic N) is 4. The van der Waals surface area contributed by atoms with Gasteiger partial charge < -0.3 is 5.32 Å². The molecule has 0 radical (unpaired) electrons. The summed E-state index contributed by atoms with van der Waals surface area (Å²) in [6.45, 7) is 0. The number of aromatic nitrogens is 4. The minimum atomic E-state index is -0.193.